The predicted molar refractivity (Wildman–Crippen MR) is 123 cm³/mol. The Morgan fingerprint density at radius 2 is 1.39 bits per heavy atom. The minimum atomic E-state index is 0.527. The number of aromatic nitrogens is 2. The molecule has 2 heteroatoms. The van der Waals surface area contributed by atoms with Crippen molar-refractivity contribution >= 4 is 11.0 Å². The average Bonchev–Trinajstić information content (AvgIpc) is 2.73. The van der Waals surface area contributed by atoms with Gasteiger partial charge in [-0.2, -0.15) is 0 Å². The zero-order valence-corrected chi connectivity index (χ0v) is 18.8. The summed E-state index contributed by atoms with van der Waals surface area (Å²) in [5.41, 5.74) is 3.26. The number of benzene rings is 1. The summed E-state index contributed by atoms with van der Waals surface area (Å²) in [5, 5.41) is 0. The normalized spacial score (nSPS) is 14.9. The predicted octanol–water partition coefficient (Wildman–Crippen LogP) is 8.32. The molecule has 1 aromatic carbocycles. The molecule has 0 fully saturated rings. The molecule has 1 heterocycles. The molecule has 2 rings (SSSR count). The maximum absolute atomic E-state index is 5.04. The summed E-state index contributed by atoms with van der Waals surface area (Å²) in [7, 11) is 0. The van der Waals surface area contributed by atoms with Crippen molar-refractivity contribution in [3.05, 3.63) is 36.2 Å². The van der Waals surface area contributed by atoms with Crippen LogP contribution in [0.25, 0.3) is 11.0 Å². The lowest BCUT2D eigenvalue weighted by molar-refractivity contribution is 0.283. The van der Waals surface area contributed by atoms with E-state index in [-0.39, 0.29) is 0 Å². The molecule has 28 heavy (non-hydrogen) atoms. The molecule has 0 bridgehead atoms. The highest BCUT2D eigenvalue weighted by molar-refractivity contribution is 5.73. The van der Waals surface area contributed by atoms with Gasteiger partial charge in [0.1, 0.15) is 0 Å². The summed E-state index contributed by atoms with van der Waals surface area (Å²) in [5.74, 6) is 1.92. The fourth-order valence-electron chi connectivity index (χ4n) is 4.34. The fourth-order valence-corrected chi connectivity index (χ4v) is 4.34. The van der Waals surface area contributed by atoms with Gasteiger partial charge in [-0.05, 0) is 30.4 Å². The summed E-state index contributed by atoms with van der Waals surface area (Å²) in [6.45, 7) is 9.47. The van der Waals surface area contributed by atoms with Crippen molar-refractivity contribution in [1.82, 2.24) is 9.97 Å². The van der Waals surface area contributed by atoms with Crippen LogP contribution in [0.2, 0.25) is 0 Å². The third-order valence-corrected chi connectivity index (χ3v) is 6.51. The zero-order chi connectivity index (χ0) is 20.2. The molecule has 0 aliphatic rings. The van der Waals surface area contributed by atoms with Gasteiger partial charge in [-0.25, -0.2) is 4.98 Å². The summed E-state index contributed by atoms with van der Waals surface area (Å²) in [4.78, 5) is 9.76. The zero-order valence-electron chi connectivity index (χ0n) is 18.8. The van der Waals surface area contributed by atoms with Crippen molar-refractivity contribution in [3.8, 4) is 0 Å². The van der Waals surface area contributed by atoms with Gasteiger partial charge < -0.3 is 0 Å². The smallest absolute Gasteiger partial charge is 0.0890 e. The monoisotopic (exact) mass is 382 g/mol. The number of para-hydroxylation sites is 2. The van der Waals surface area contributed by atoms with Gasteiger partial charge in [-0.1, -0.05) is 104 Å². The number of fused-ring (bicyclic) bond motifs is 1. The van der Waals surface area contributed by atoms with Crippen molar-refractivity contribution in [2.24, 2.45) is 11.8 Å². The van der Waals surface area contributed by atoms with E-state index in [1.807, 2.05) is 6.07 Å². The second-order valence-corrected chi connectivity index (χ2v) is 8.78. The van der Waals surface area contributed by atoms with Crippen molar-refractivity contribution in [3.63, 3.8) is 0 Å². The molecule has 0 amide bonds. The van der Waals surface area contributed by atoms with E-state index in [1.165, 1.54) is 76.3 Å². The Kier molecular flexibility index (Phi) is 10.5. The van der Waals surface area contributed by atoms with Crippen molar-refractivity contribution in [1.29, 1.82) is 0 Å². The molecule has 0 radical (unpaired) electrons. The van der Waals surface area contributed by atoms with Gasteiger partial charge in [0.05, 0.1) is 16.7 Å². The lowest BCUT2D eigenvalue weighted by Crippen LogP contribution is -2.19. The number of unbranched alkanes of at least 4 members (excludes halogenated alkanes) is 7. The first-order valence-corrected chi connectivity index (χ1v) is 11.9. The quantitative estimate of drug-likeness (QED) is 0.307. The SMILES string of the molecule is CCCCCCCCCC(c1cnc2ccccc2n1)C(C)C(C)CCCC. The molecule has 3 unspecified atom stereocenters. The minimum absolute atomic E-state index is 0.527. The second kappa shape index (κ2) is 12.9. The molecule has 1 aromatic heterocycles. The Balaban J connectivity index is 2.04. The maximum atomic E-state index is 5.04. The molecular weight excluding hydrogens is 340 g/mol. The summed E-state index contributed by atoms with van der Waals surface area (Å²) in [6, 6.07) is 8.27. The Bertz CT molecular complexity index is 666. The van der Waals surface area contributed by atoms with Crippen molar-refractivity contribution in [2.75, 3.05) is 0 Å². The standard InChI is InChI=1S/C26H42N2/c1-5-7-9-10-11-12-13-17-23(22(4)21(3)16-8-6-2)26-20-27-24-18-14-15-19-25(24)28-26/h14-15,18-23H,5-13,16-17H2,1-4H3. The Morgan fingerprint density at radius 3 is 2.11 bits per heavy atom. The fraction of sp³-hybridized carbons (Fsp3) is 0.692. The third kappa shape index (κ3) is 7.18. The lowest BCUT2D eigenvalue weighted by Gasteiger charge is -2.29. The Labute approximate surface area is 173 Å². The molecule has 0 N–H and O–H groups in total. The first-order valence-electron chi connectivity index (χ1n) is 11.9. The Morgan fingerprint density at radius 1 is 0.750 bits per heavy atom. The van der Waals surface area contributed by atoms with Crippen LogP contribution in [0.4, 0.5) is 0 Å². The van der Waals surface area contributed by atoms with Crippen LogP contribution in [0.5, 0.6) is 0 Å². The molecule has 0 aliphatic carbocycles. The first-order chi connectivity index (χ1) is 13.7. The lowest BCUT2D eigenvalue weighted by atomic mass is 9.77. The maximum Gasteiger partial charge on any atom is 0.0890 e. The van der Waals surface area contributed by atoms with Gasteiger partial charge in [0.2, 0.25) is 0 Å². The van der Waals surface area contributed by atoms with Gasteiger partial charge in [-0.15, -0.1) is 0 Å². The highest BCUT2D eigenvalue weighted by atomic mass is 14.8. The molecular formula is C26H42N2. The van der Waals surface area contributed by atoms with Crippen LogP contribution in [0.3, 0.4) is 0 Å². The molecule has 2 aromatic rings. The highest BCUT2D eigenvalue weighted by Gasteiger charge is 2.25. The van der Waals surface area contributed by atoms with Crippen LogP contribution >= 0.6 is 0 Å². The molecule has 0 aliphatic heterocycles. The van der Waals surface area contributed by atoms with E-state index in [9.17, 15) is 0 Å². The first kappa shape index (κ1) is 22.8. The molecule has 0 saturated heterocycles. The van der Waals surface area contributed by atoms with Crippen LogP contribution < -0.4 is 0 Å². The van der Waals surface area contributed by atoms with Gasteiger partial charge in [0.25, 0.3) is 0 Å². The molecule has 2 nitrogen and oxygen atoms in total. The van der Waals surface area contributed by atoms with Crippen LogP contribution in [-0.2, 0) is 0 Å². The van der Waals surface area contributed by atoms with Gasteiger partial charge >= 0.3 is 0 Å². The third-order valence-electron chi connectivity index (χ3n) is 6.51. The van der Waals surface area contributed by atoms with E-state index in [2.05, 4.69) is 52.1 Å². The summed E-state index contributed by atoms with van der Waals surface area (Å²) in [6.07, 6.45) is 16.8. The average molecular weight is 383 g/mol. The van der Waals surface area contributed by atoms with Crippen LogP contribution in [0.1, 0.15) is 110 Å². The van der Waals surface area contributed by atoms with Crippen LogP contribution in [0, 0.1) is 11.8 Å². The van der Waals surface area contributed by atoms with E-state index in [0.717, 1.165) is 17.0 Å². The number of hydrogen-bond acceptors (Lipinski definition) is 2. The van der Waals surface area contributed by atoms with E-state index in [4.69, 9.17) is 9.97 Å². The van der Waals surface area contributed by atoms with Gasteiger partial charge in [0.15, 0.2) is 0 Å². The van der Waals surface area contributed by atoms with E-state index in [1.54, 1.807) is 0 Å². The minimum Gasteiger partial charge on any atom is -0.253 e. The number of hydrogen-bond donors (Lipinski definition) is 0. The van der Waals surface area contributed by atoms with Crippen molar-refractivity contribution in [2.45, 2.75) is 104 Å². The number of nitrogens with zero attached hydrogens (tertiary/aromatic N) is 2. The topological polar surface area (TPSA) is 25.8 Å². The van der Waals surface area contributed by atoms with Crippen molar-refractivity contribution < 1.29 is 0 Å². The molecule has 3 atom stereocenters. The highest BCUT2D eigenvalue weighted by Crippen LogP contribution is 2.36. The largest absolute Gasteiger partial charge is 0.253 e. The summed E-state index contributed by atoms with van der Waals surface area (Å²) < 4.78 is 0. The van der Waals surface area contributed by atoms with Gasteiger partial charge in [-0.3, -0.25) is 4.98 Å². The van der Waals surface area contributed by atoms with E-state index in [0.29, 0.717) is 11.8 Å². The second-order valence-electron chi connectivity index (χ2n) is 8.78. The molecule has 0 saturated carbocycles. The van der Waals surface area contributed by atoms with Gasteiger partial charge in [0, 0.05) is 12.1 Å². The number of rotatable bonds is 14. The van der Waals surface area contributed by atoms with E-state index < -0.39 is 0 Å². The van der Waals surface area contributed by atoms with Crippen LogP contribution in [0.15, 0.2) is 30.5 Å². The van der Waals surface area contributed by atoms with Crippen LogP contribution in [-0.4, -0.2) is 9.97 Å². The molecule has 156 valence electrons. The summed E-state index contributed by atoms with van der Waals surface area (Å²) >= 11 is 0. The molecule has 0 spiro atoms. The van der Waals surface area contributed by atoms with E-state index >= 15 is 0 Å². The Hall–Kier alpha value is -1.44.